The van der Waals surface area contributed by atoms with E-state index in [9.17, 15) is 0 Å². The maximum Gasteiger partial charge on any atom is 0.0624 e. The average molecular weight is 842 g/mol. The molecule has 11 aromatic carbocycles. The van der Waals surface area contributed by atoms with Gasteiger partial charge in [0.15, 0.2) is 0 Å². The molecule has 11 aromatic rings. The molecule has 1 nitrogen and oxygen atoms in total. The van der Waals surface area contributed by atoms with Crippen LogP contribution in [0.15, 0.2) is 249 Å². The van der Waals surface area contributed by atoms with Crippen molar-refractivity contribution < 1.29 is 0 Å². The van der Waals surface area contributed by atoms with Crippen LogP contribution < -0.4 is 4.90 Å². The van der Waals surface area contributed by atoms with Gasteiger partial charge in [-0.15, -0.1) is 0 Å². The molecule has 0 amide bonds. The predicted octanol–water partition coefficient (Wildman–Crippen LogP) is 18.1. The first-order valence-corrected chi connectivity index (χ1v) is 23.0. The first-order chi connectivity index (χ1) is 32.5. The van der Waals surface area contributed by atoms with Crippen LogP contribution in [0, 0.1) is 0 Å². The van der Waals surface area contributed by atoms with Crippen molar-refractivity contribution >= 4 is 38.6 Å². The number of fused-ring (bicyclic) bond motifs is 6. The largest absolute Gasteiger partial charge is 0.309 e. The van der Waals surface area contributed by atoms with Gasteiger partial charge < -0.3 is 4.90 Å². The van der Waals surface area contributed by atoms with E-state index in [2.05, 4.69) is 267 Å². The lowest BCUT2D eigenvalue weighted by atomic mass is 9.82. The second-order valence-corrected chi connectivity index (χ2v) is 18.0. The lowest BCUT2D eigenvalue weighted by molar-refractivity contribution is 0.660. The Hall–Kier alpha value is -8.26. The molecule has 0 heterocycles. The summed E-state index contributed by atoms with van der Waals surface area (Å²) in [5, 5.41) is 4.90. The van der Waals surface area contributed by atoms with Gasteiger partial charge in [-0.1, -0.05) is 232 Å². The van der Waals surface area contributed by atoms with Gasteiger partial charge in [-0.3, -0.25) is 0 Å². The summed E-state index contributed by atoms with van der Waals surface area (Å²) in [5.74, 6) is 0. The van der Waals surface area contributed by atoms with E-state index >= 15 is 0 Å². The fourth-order valence-corrected chi connectivity index (χ4v) is 10.6. The molecule has 0 unspecified atom stereocenters. The second-order valence-electron chi connectivity index (χ2n) is 18.0. The molecular formula is C65H47N. The molecule has 0 spiro atoms. The molecule has 0 saturated carbocycles. The Bertz CT molecular complexity index is 3580. The highest BCUT2D eigenvalue weighted by Crippen LogP contribution is 2.54. The molecule has 0 saturated heterocycles. The Morgan fingerprint density at radius 2 is 0.712 bits per heavy atom. The van der Waals surface area contributed by atoms with Crippen molar-refractivity contribution in [1.82, 2.24) is 0 Å². The first kappa shape index (κ1) is 39.3. The summed E-state index contributed by atoms with van der Waals surface area (Å²) in [5.41, 5.74) is 20.6. The molecule has 0 aliphatic heterocycles. The lowest BCUT2D eigenvalue weighted by Gasteiger charge is -2.32. The molecule has 66 heavy (non-hydrogen) atoms. The highest BCUT2D eigenvalue weighted by molar-refractivity contribution is 6.22. The second kappa shape index (κ2) is 16.1. The van der Waals surface area contributed by atoms with Gasteiger partial charge in [0, 0.05) is 27.7 Å². The zero-order chi connectivity index (χ0) is 44.2. The topological polar surface area (TPSA) is 3.24 Å². The van der Waals surface area contributed by atoms with Crippen LogP contribution >= 0.6 is 0 Å². The number of nitrogens with zero attached hydrogens (tertiary/aromatic N) is 1. The molecule has 0 bridgehead atoms. The lowest BCUT2D eigenvalue weighted by Crippen LogP contribution is -2.17. The smallest absolute Gasteiger partial charge is 0.0624 e. The van der Waals surface area contributed by atoms with E-state index in [0.717, 1.165) is 17.1 Å². The van der Waals surface area contributed by atoms with Gasteiger partial charge in [-0.2, -0.15) is 0 Å². The summed E-state index contributed by atoms with van der Waals surface area (Å²) in [6.07, 6.45) is 0. The van der Waals surface area contributed by atoms with Gasteiger partial charge >= 0.3 is 0 Å². The van der Waals surface area contributed by atoms with Gasteiger partial charge in [0.1, 0.15) is 0 Å². The Morgan fingerprint density at radius 3 is 1.39 bits per heavy atom. The first-order valence-electron chi connectivity index (χ1n) is 23.0. The van der Waals surface area contributed by atoms with E-state index in [1.165, 1.54) is 99.4 Å². The van der Waals surface area contributed by atoms with Crippen molar-refractivity contribution in [2.45, 2.75) is 19.3 Å². The molecule has 1 heteroatoms. The van der Waals surface area contributed by atoms with Crippen molar-refractivity contribution in [3.05, 3.63) is 260 Å². The summed E-state index contributed by atoms with van der Waals surface area (Å²) >= 11 is 0. The van der Waals surface area contributed by atoms with Gasteiger partial charge in [-0.25, -0.2) is 0 Å². The van der Waals surface area contributed by atoms with E-state index in [4.69, 9.17) is 0 Å². The van der Waals surface area contributed by atoms with Crippen molar-refractivity contribution in [3.63, 3.8) is 0 Å². The summed E-state index contributed by atoms with van der Waals surface area (Å²) in [6.45, 7) is 4.75. The van der Waals surface area contributed by atoms with Crippen LogP contribution in [0.3, 0.4) is 0 Å². The van der Waals surface area contributed by atoms with Crippen LogP contribution in [0.5, 0.6) is 0 Å². The Morgan fingerprint density at radius 1 is 0.273 bits per heavy atom. The molecule has 1 aliphatic rings. The van der Waals surface area contributed by atoms with Crippen LogP contribution in [0.25, 0.3) is 88.3 Å². The predicted molar refractivity (Wildman–Crippen MR) is 281 cm³/mol. The molecule has 12 rings (SSSR count). The maximum atomic E-state index is 2.53. The van der Waals surface area contributed by atoms with Gasteiger partial charge in [-0.05, 0) is 119 Å². The van der Waals surface area contributed by atoms with Crippen LogP contribution in [0.4, 0.5) is 17.1 Å². The van der Waals surface area contributed by atoms with Gasteiger partial charge in [0.25, 0.3) is 0 Å². The van der Waals surface area contributed by atoms with E-state index in [0.29, 0.717) is 0 Å². The van der Waals surface area contributed by atoms with E-state index < -0.39 is 0 Å². The zero-order valence-corrected chi connectivity index (χ0v) is 37.1. The van der Waals surface area contributed by atoms with Crippen LogP contribution in [-0.4, -0.2) is 0 Å². The molecule has 0 atom stereocenters. The quantitative estimate of drug-likeness (QED) is 0.138. The van der Waals surface area contributed by atoms with Gasteiger partial charge in [0.2, 0.25) is 0 Å². The molecule has 0 aromatic heterocycles. The molecular weight excluding hydrogens is 795 g/mol. The van der Waals surface area contributed by atoms with Crippen LogP contribution in [0.1, 0.15) is 25.0 Å². The molecule has 0 fully saturated rings. The number of benzene rings is 11. The Labute approximate surface area is 387 Å². The standard InChI is InChI=1S/C65H47N/c1-65(2)61-31-16-15-28-57(61)58-41-40-52(43-62(58)65)66(51-38-36-46(37-39-51)45-32-34-48(35-33-45)54-25-10-9-24-53(54)47-20-7-4-8-21-47)64-60-30-14-12-27-56(60)55-26-11-13-29-59(55)63(64)50-23-17-22-49(42-50)44-18-5-3-6-19-44/h3-43H,1-2H3. The minimum Gasteiger partial charge on any atom is -0.309 e. The van der Waals surface area contributed by atoms with Crippen molar-refractivity contribution in [2.24, 2.45) is 0 Å². The SMILES string of the molecule is CC1(C)c2ccccc2-c2ccc(N(c3ccc(-c4ccc(-c5ccccc5-c5ccccc5)cc4)cc3)c3c(-c4cccc(-c5ccccc5)c4)c4ccccc4c4ccccc34)cc21. The normalized spacial score (nSPS) is 12.5. The number of anilines is 3. The Balaban J connectivity index is 1.05. The molecule has 1 aliphatic carbocycles. The third-order valence-corrected chi connectivity index (χ3v) is 13.9. The minimum atomic E-state index is -0.163. The highest BCUT2D eigenvalue weighted by atomic mass is 15.1. The summed E-state index contributed by atoms with van der Waals surface area (Å²) < 4.78 is 0. The summed E-state index contributed by atoms with van der Waals surface area (Å²) in [7, 11) is 0. The Kier molecular flexibility index (Phi) is 9.58. The molecule has 0 N–H and O–H groups in total. The third kappa shape index (κ3) is 6.63. The monoisotopic (exact) mass is 841 g/mol. The van der Waals surface area contributed by atoms with E-state index in [1.807, 2.05) is 0 Å². The number of hydrogen-bond acceptors (Lipinski definition) is 1. The number of hydrogen-bond donors (Lipinski definition) is 0. The van der Waals surface area contributed by atoms with Crippen LogP contribution in [0.2, 0.25) is 0 Å². The summed E-state index contributed by atoms with van der Waals surface area (Å²) in [4.78, 5) is 2.53. The van der Waals surface area contributed by atoms with Crippen molar-refractivity contribution in [3.8, 4) is 66.8 Å². The van der Waals surface area contributed by atoms with E-state index in [1.54, 1.807) is 0 Å². The highest BCUT2D eigenvalue weighted by Gasteiger charge is 2.36. The number of rotatable bonds is 8. The molecule has 312 valence electrons. The average Bonchev–Trinajstić information content (AvgIpc) is 3.62. The minimum absolute atomic E-state index is 0.163. The van der Waals surface area contributed by atoms with Crippen LogP contribution in [-0.2, 0) is 5.41 Å². The zero-order valence-electron chi connectivity index (χ0n) is 37.1. The third-order valence-electron chi connectivity index (χ3n) is 13.9. The van der Waals surface area contributed by atoms with E-state index in [-0.39, 0.29) is 5.41 Å². The molecule has 0 radical (unpaired) electrons. The van der Waals surface area contributed by atoms with Gasteiger partial charge in [0.05, 0.1) is 5.69 Å². The maximum absolute atomic E-state index is 2.53. The fourth-order valence-electron chi connectivity index (χ4n) is 10.6. The van der Waals surface area contributed by atoms with Crippen molar-refractivity contribution in [2.75, 3.05) is 4.90 Å². The fraction of sp³-hybridized carbons (Fsp3) is 0.0462. The van der Waals surface area contributed by atoms with Crippen molar-refractivity contribution in [1.29, 1.82) is 0 Å². The summed E-state index contributed by atoms with van der Waals surface area (Å²) in [6, 6.07) is 91.5.